The summed E-state index contributed by atoms with van der Waals surface area (Å²) in [7, 11) is 0. The van der Waals surface area contributed by atoms with E-state index in [1.54, 1.807) is 6.20 Å². The molecule has 2 fully saturated rings. The van der Waals surface area contributed by atoms with Crippen LogP contribution >= 0.6 is 0 Å². The van der Waals surface area contributed by atoms with Gasteiger partial charge in [-0.15, -0.1) is 10.2 Å². The van der Waals surface area contributed by atoms with E-state index >= 15 is 0 Å². The van der Waals surface area contributed by atoms with Gasteiger partial charge in [-0.25, -0.2) is 4.98 Å². The van der Waals surface area contributed by atoms with Crippen molar-refractivity contribution in [3.05, 3.63) is 24.0 Å². The predicted octanol–water partition coefficient (Wildman–Crippen LogP) is 1.80. The van der Waals surface area contributed by atoms with Crippen LogP contribution in [-0.2, 0) is 12.7 Å². The van der Waals surface area contributed by atoms with E-state index in [0.29, 0.717) is 32.1 Å². The molecule has 0 amide bonds. The van der Waals surface area contributed by atoms with E-state index in [1.165, 1.54) is 12.8 Å². The molecular weight excluding hydrogens is 363 g/mol. The van der Waals surface area contributed by atoms with Crippen molar-refractivity contribution in [1.29, 1.82) is 0 Å². The molecule has 2 aromatic heterocycles. The zero-order chi connectivity index (χ0) is 18.9. The SMILES string of the molecule is FC(F)(F)c1nnc(CN2CCN(c3nccc(N4CCCC4)n3)CC2)o1. The minimum Gasteiger partial charge on any atom is -0.416 e. The Morgan fingerprint density at radius 3 is 2.37 bits per heavy atom. The average Bonchev–Trinajstić information content (AvgIpc) is 3.34. The van der Waals surface area contributed by atoms with E-state index in [2.05, 4.69) is 30.0 Å². The molecule has 2 aliphatic heterocycles. The summed E-state index contributed by atoms with van der Waals surface area (Å²) in [6, 6.07) is 1.93. The van der Waals surface area contributed by atoms with Crippen molar-refractivity contribution in [2.24, 2.45) is 0 Å². The van der Waals surface area contributed by atoms with Gasteiger partial charge in [0.25, 0.3) is 0 Å². The Balaban J connectivity index is 1.34. The molecule has 0 radical (unpaired) electrons. The number of alkyl halides is 3. The second kappa shape index (κ2) is 7.29. The normalized spacial score (nSPS) is 19.1. The molecule has 0 spiro atoms. The lowest BCUT2D eigenvalue weighted by molar-refractivity contribution is -0.157. The Morgan fingerprint density at radius 2 is 1.70 bits per heavy atom. The minimum absolute atomic E-state index is 0.0249. The molecule has 0 aliphatic carbocycles. The maximum absolute atomic E-state index is 12.5. The summed E-state index contributed by atoms with van der Waals surface area (Å²) in [5.74, 6) is 0.313. The van der Waals surface area contributed by atoms with Gasteiger partial charge in [-0.3, -0.25) is 4.90 Å². The molecule has 0 atom stereocenters. The van der Waals surface area contributed by atoms with Crippen molar-refractivity contribution < 1.29 is 17.6 Å². The summed E-state index contributed by atoms with van der Waals surface area (Å²) < 4.78 is 42.3. The molecule has 27 heavy (non-hydrogen) atoms. The number of halogens is 3. The summed E-state index contributed by atoms with van der Waals surface area (Å²) in [6.45, 7) is 4.92. The minimum atomic E-state index is -4.61. The predicted molar refractivity (Wildman–Crippen MR) is 90.3 cm³/mol. The van der Waals surface area contributed by atoms with Gasteiger partial charge >= 0.3 is 12.1 Å². The maximum atomic E-state index is 12.5. The van der Waals surface area contributed by atoms with E-state index in [0.717, 1.165) is 18.9 Å². The molecule has 4 heterocycles. The Labute approximate surface area is 154 Å². The Morgan fingerprint density at radius 1 is 0.963 bits per heavy atom. The van der Waals surface area contributed by atoms with Crippen LogP contribution in [0.25, 0.3) is 0 Å². The molecule has 2 aliphatic rings. The van der Waals surface area contributed by atoms with Crippen LogP contribution in [0, 0.1) is 0 Å². The lowest BCUT2D eigenvalue weighted by atomic mass is 10.3. The van der Waals surface area contributed by atoms with E-state index in [9.17, 15) is 13.2 Å². The molecule has 0 saturated carbocycles. The van der Waals surface area contributed by atoms with E-state index in [4.69, 9.17) is 4.42 Å². The number of hydrogen-bond donors (Lipinski definition) is 0. The number of aromatic nitrogens is 4. The molecule has 8 nitrogen and oxygen atoms in total. The first kappa shape index (κ1) is 18.0. The molecule has 4 rings (SSSR count). The lowest BCUT2D eigenvalue weighted by Crippen LogP contribution is -2.46. The number of rotatable bonds is 4. The van der Waals surface area contributed by atoms with Gasteiger partial charge in [0.1, 0.15) is 5.82 Å². The fourth-order valence-corrected chi connectivity index (χ4v) is 3.34. The van der Waals surface area contributed by atoms with Crippen LogP contribution in [0.4, 0.5) is 24.9 Å². The highest BCUT2D eigenvalue weighted by Gasteiger charge is 2.38. The van der Waals surface area contributed by atoms with Crippen molar-refractivity contribution >= 4 is 11.8 Å². The Hall–Kier alpha value is -2.43. The lowest BCUT2D eigenvalue weighted by Gasteiger charge is -2.34. The standard InChI is InChI=1S/C16H20F3N7O/c17-16(18,19)14-23-22-13(27-14)11-24-7-9-26(10-8-24)15-20-4-3-12(21-15)25-5-1-2-6-25/h3-4H,1-2,5-11H2. The Kier molecular flexibility index (Phi) is 4.85. The third-order valence-electron chi connectivity index (χ3n) is 4.78. The molecule has 2 saturated heterocycles. The number of hydrogen-bond acceptors (Lipinski definition) is 8. The van der Waals surface area contributed by atoms with E-state index in [1.807, 2.05) is 11.0 Å². The van der Waals surface area contributed by atoms with E-state index < -0.39 is 12.1 Å². The second-order valence-corrected chi connectivity index (χ2v) is 6.67. The van der Waals surface area contributed by atoms with Crippen LogP contribution < -0.4 is 9.80 Å². The molecule has 146 valence electrons. The van der Waals surface area contributed by atoms with Crippen LogP contribution in [0.3, 0.4) is 0 Å². The number of anilines is 2. The summed E-state index contributed by atoms with van der Waals surface area (Å²) >= 11 is 0. The first-order chi connectivity index (χ1) is 13.0. The third-order valence-corrected chi connectivity index (χ3v) is 4.78. The van der Waals surface area contributed by atoms with Crippen molar-refractivity contribution in [1.82, 2.24) is 25.1 Å². The monoisotopic (exact) mass is 383 g/mol. The fraction of sp³-hybridized carbons (Fsp3) is 0.625. The number of nitrogens with zero attached hydrogens (tertiary/aromatic N) is 7. The smallest absolute Gasteiger partial charge is 0.416 e. The topological polar surface area (TPSA) is 74.4 Å². The molecule has 0 N–H and O–H groups in total. The van der Waals surface area contributed by atoms with Crippen LogP contribution in [0.1, 0.15) is 24.6 Å². The highest BCUT2D eigenvalue weighted by Crippen LogP contribution is 2.28. The zero-order valence-electron chi connectivity index (χ0n) is 14.7. The molecule has 0 unspecified atom stereocenters. The number of piperazine rings is 1. The van der Waals surface area contributed by atoms with Crippen LogP contribution in [0.2, 0.25) is 0 Å². The van der Waals surface area contributed by atoms with Gasteiger partial charge in [0, 0.05) is 45.5 Å². The average molecular weight is 383 g/mol. The summed E-state index contributed by atoms with van der Waals surface area (Å²) in [4.78, 5) is 15.4. The molecule has 2 aromatic rings. The van der Waals surface area contributed by atoms with Crippen LogP contribution in [0.15, 0.2) is 16.7 Å². The quantitative estimate of drug-likeness (QED) is 0.791. The van der Waals surface area contributed by atoms with Crippen LogP contribution in [0.5, 0.6) is 0 Å². The van der Waals surface area contributed by atoms with Crippen molar-refractivity contribution in [3.63, 3.8) is 0 Å². The van der Waals surface area contributed by atoms with Gasteiger partial charge in [-0.05, 0) is 18.9 Å². The largest absolute Gasteiger partial charge is 0.470 e. The van der Waals surface area contributed by atoms with E-state index in [-0.39, 0.29) is 12.4 Å². The van der Waals surface area contributed by atoms with Crippen molar-refractivity contribution in [2.75, 3.05) is 49.1 Å². The summed E-state index contributed by atoms with van der Waals surface area (Å²) in [5.41, 5.74) is 0. The molecule has 0 bridgehead atoms. The second-order valence-electron chi connectivity index (χ2n) is 6.67. The fourth-order valence-electron chi connectivity index (χ4n) is 3.34. The van der Waals surface area contributed by atoms with Gasteiger partial charge in [0.2, 0.25) is 11.8 Å². The highest BCUT2D eigenvalue weighted by molar-refractivity contribution is 5.44. The molecule has 11 heteroatoms. The van der Waals surface area contributed by atoms with Crippen molar-refractivity contribution in [3.8, 4) is 0 Å². The highest BCUT2D eigenvalue weighted by atomic mass is 19.4. The van der Waals surface area contributed by atoms with Gasteiger partial charge < -0.3 is 14.2 Å². The summed E-state index contributed by atoms with van der Waals surface area (Å²) in [6.07, 6.45) is -0.464. The maximum Gasteiger partial charge on any atom is 0.470 e. The van der Waals surface area contributed by atoms with Gasteiger partial charge in [-0.2, -0.15) is 18.2 Å². The van der Waals surface area contributed by atoms with Crippen LogP contribution in [-0.4, -0.2) is 64.3 Å². The van der Waals surface area contributed by atoms with Gasteiger partial charge in [-0.1, -0.05) is 0 Å². The molecule has 0 aromatic carbocycles. The van der Waals surface area contributed by atoms with Crippen molar-refractivity contribution in [2.45, 2.75) is 25.6 Å². The third kappa shape index (κ3) is 4.12. The first-order valence-electron chi connectivity index (χ1n) is 8.94. The summed E-state index contributed by atoms with van der Waals surface area (Å²) in [5, 5.41) is 6.55. The molecular formula is C16H20F3N7O. The van der Waals surface area contributed by atoms with Gasteiger partial charge in [0.15, 0.2) is 0 Å². The zero-order valence-corrected chi connectivity index (χ0v) is 14.7. The Bertz CT molecular complexity index is 767. The van der Waals surface area contributed by atoms with Gasteiger partial charge in [0.05, 0.1) is 6.54 Å². The first-order valence-corrected chi connectivity index (χ1v) is 8.94.